The SMILES string of the molecule is Cc1cc(CNC(=O)c2cc(C(=O)NCc3ccc(C4=NN=NC4)cc3)n3ncnc3n2)ccc1F. The second-order valence-corrected chi connectivity index (χ2v) is 8.08. The first-order valence-corrected chi connectivity index (χ1v) is 11.0. The van der Waals surface area contributed by atoms with Crippen molar-refractivity contribution in [2.75, 3.05) is 6.54 Å². The van der Waals surface area contributed by atoms with Crippen molar-refractivity contribution in [3.8, 4) is 0 Å². The molecule has 180 valence electrons. The van der Waals surface area contributed by atoms with E-state index in [9.17, 15) is 14.0 Å². The Morgan fingerprint density at radius 1 is 1.00 bits per heavy atom. The zero-order chi connectivity index (χ0) is 25.1. The van der Waals surface area contributed by atoms with Crippen LogP contribution < -0.4 is 10.6 Å². The number of aromatic nitrogens is 4. The largest absolute Gasteiger partial charge is 0.347 e. The summed E-state index contributed by atoms with van der Waals surface area (Å²) in [4.78, 5) is 34.0. The van der Waals surface area contributed by atoms with Crippen molar-refractivity contribution in [1.82, 2.24) is 30.2 Å². The molecule has 0 bridgehead atoms. The number of carbonyl (C=O) groups is 2. The Morgan fingerprint density at radius 3 is 2.50 bits per heavy atom. The number of aryl methyl sites for hydroxylation is 1. The smallest absolute Gasteiger partial charge is 0.270 e. The maximum Gasteiger partial charge on any atom is 0.270 e. The first-order valence-electron chi connectivity index (χ1n) is 11.0. The molecule has 2 amide bonds. The van der Waals surface area contributed by atoms with Crippen molar-refractivity contribution in [2.45, 2.75) is 20.0 Å². The van der Waals surface area contributed by atoms with Gasteiger partial charge in [0.2, 0.25) is 0 Å². The average molecular weight is 485 g/mol. The Kier molecular flexibility index (Phi) is 6.22. The Hall–Kier alpha value is -4.87. The summed E-state index contributed by atoms with van der Waals surface area (Å²) >= 11 is 0. The number of nitrogens with one attached hydrogen (secondary N) is 2. The number of halogens is 1. The van der Waals surface area contributed by atoms with Gasteiger partial charge >= 0.3 is 0 Å². The van der Waals surface area contributed by atoms with E-state index in [1.165, 1.54) is 23.0 Å². The van der Waals surface area contributed by atoms with E-state index in [0.29, 0.717) is 12.1 Å². The van der Waals surface area contributed by atoms with Gasteiger partial charge < -0.3 is 10.6 Å². The van der Waals surface area contributed by atoms with Crippen molar-refractivity contribution >= 4 is 23.3 Å². The molecule has 11 nitrogen and oxygen atoms in total. The molecular weight excluding hydrogens is 465 g/mol. The third-order valence-corrected chi connectivity index (χ3v) is 5.58. The Balaban J connectivity index is 1.28. The Bertz CT molecular complexity index is 1530. The first-order chi connectivity index (χ1) is 17.5. The highest BCUT2D eigenvalue weighted by atomic mass is 19.1. The van der Waals surface area contributed by atoms with Gasteiger partial charge in [-0.2, -0.15) is 19.7 Å². The van der Waals surface area contributed by atoms with Crippen LogP contribution in [-0.2, 0) is 13.1 Å². The van der Waals surface area contributed by atoms with E-state index in [4.69, 9.17) is 0 Å². The lowest BCUT2D eigenvalue weighted by Crippen LogP contribution is -2.28. The van der Waals surface area contributed by atoms with Crippen LogP contribution in [0.4, 0.5) is 4.39 Å². The Morgan fingerprint density at radius 2 is 1.75 bits per heavy atom. The van der Waals surface area contributed by atoms with Gasteiger partial charge in [-0.1, -0.05) is 36.4 Å². The molecule has 0 radical (unpaired) electrons. The zero-order valence-corrected chi connectivity index (χ0v) is 19.1. The van der Waals surface area contributed by atoms with Gasteiger partial charge in [-0.3, -0.25) is 9.59 Å². The minimum absolute atomic E-state index is 0.0111. The summed E-state index contributed by atoms with van der Waals surface area (Å²) in [5.41, 5.74) is 3.92. The summed E-state index contributed by atoms with van der Waals surface area (Å²) in [5.74, 6) is -1.15. The van der Waals surface area contributed by atoms with Crippen LogP contribution in [0.25, 0.3) is 5.78 Å². The van der Waals surface area contributed by atoms with Crippen molar-refractivity contribution in [2.24, 2.45) is 15.4 Å². The molecule has 2 aromatic carbocycles. The van der Waals surface area contributed by atoms with Gasteiger partial charge in [0, 0.05) is 19.2 Å². The molecule has 5 rings (SSSR count). The van der Waals surface area contributed by atoms with Gasteiger partial charge in [0.05, 0.1) is 5.71 Å². The first kappa shape index (κ1) is 22.9. The highest BCUT2D eigenvalue weighted by Crippen LogP contribution is 2.12. The summed E-state index contributed by atoms with van der Waals surface area (Å²) < 4.78 is 14.8. The topological polar surface area (TPSA) is 138 Å². The van der Waals surface area contributed by atoms with E-state index in [1.54, 1.807) is 19.1 Å². The molecule has 3 heterocycles. The molecule has 0 atom stereocenters. The minimum atomic E-state index is -0.500. The van der Waals surface area contributed by atoms with Crippen molar-refractivity contribution in [1.29, 1.82) is 0 Å². The summed E-state index contributed by atoms with van der Waals surface area (Å²) in [6, 6.07) is 13.5. The lowest BCUT2D eigenvalue weighted by molar-refractivity contribution is 0.0942. The maximum absolute atomic E-state index is 13.5. The fourth-order valence-electron chi connectivity index (χ4n) is 3.63. The van der Waals surface area contributed by atoms with E-state index in [2.05, 4.69) is 41.1 Å². The van der Waals surface area contributed by atoms with Gasteiger partial charge in [0.25, 0.3) is 17.6 Å². The maximum atomic E-state index is 13.5. The van der Waals surface area contributed by atoms with E-state index in [1.807, 2.05) is 24.3 Å². The summed E-state index contributed by atoms with van der Waals surface area (Å²) in [6.07, 6.45) is 1.26. The average Bonchev–Trinajstić information content (AvgIpc) is 3.60. The van der Waals surface area contributed by atoms with E-state index in [0.717, 1.165) is 22.4 Å². The third kappa shape index (κ3) is 4.82. The summed E-state index contributed by atoms with van der Waals surface area (Å²) in [6.45, 7) is 2.53. The van der Waals surface area contributed by atoms with Crippen LogP contribution in [0.5, 0.6) is 0 Å². The fraction of sp³-hybridized carbons (Fsp3) is 0.167. The zero-order valence-electron chi connectivity index (χ0n) is 19.1. The molecule has 2 N–H and O–H groups in total. The quantitative estimate of drug-likeness (QED) is 0.414. The molecule has 0 saturated heterocycles. The minimum Gasteiger partial charge on any atom is -0.347 e. The number of fused-ring (bicyclic) bond motifs is 1. The van der Waals surface area contributed by atoms with Gasteiger partial charge in [0.1, 0.15) is 30.1 Å². The molecule has 36 heavy (non-hydrogen) atoms. The van der Waals surface area contributed by atoms with E-state index >= 15 is 0 Å². The van der Waals surface area contributed by atoms with E-state index in [-0.39, 0.29) is 36.1 Å². The highest BCUT2D eigenvalue weighted by Gasteiger charge is 2.18. The van der Waals surface area contributed by atoms with Crippen LogP contribution in [0.1, 0.15) is 43.2 Å². The van der Waals surface area contributed by atoms with Crippen LogP contribution in [0.15, 0.2) is 70.3 Å². The number of rotatable bonds is 7. The Labute approximate surface area is 204 Å². The summed E-state index contributed by atoms with van der Waals surface area (Å²) in [7, 11) is 0. The number of hydrogen-bond donors (Lipinski definition) is 2. The predicted octanol–water partition coefficient (Wildman–Crippen LogP) is 2.60. The van der Waals surface area contributed by atoms with E-state index < -0.39 is 11.8 Å². The van der Waals surface area contributed by atoms with Crippen molar-refractivity contribution in [3.05, 3.63) is 94.3 Å². The van der Waals surface area contributed by atoms with Crippen LogP contribution in [0, 0.1) is 12.7 Å². The molecule has 0 saturated carbocycles. The number of hydrogen-bond acceptors (Lipinski definition) is 8. The highest BCUT2D eigenvalue weighted by molar-refractivity contribution is 6.02. The van der Waals surface area contributed by atoms with Crippen molar-refractivity contribution < 1.29 is 14.0 Å². The van der Waals surface area contributed by atoms with Gasteiger partial charge in [-0.05, 0) is 40.5 Å². The molecule has 0 aliphatic carbocycles. The van der Waals surface area contributed by atoms with Crippen LogP contribution in [0.2, 0.25) is 0 Å². The molecular formula is C24H20FN9O2. The van der Waals surface area contributed by atoms with Crippen LogP contribution >= 0.6 is 0 Å². The molecule has 1 aliphatic rings. The van der Waals surface area contributed by atoms with Gasteiger partial charge in [0.15, 0.2) is 0 Å². The molecule has 0 spiro atoms. The second-order valence-electron chi connectivity index (χ2n) is 8.08. The number of nitrogens with zero attached hydrogens (tertiary/aromatic N) is 7. The second kappa shape index (κ2) is 9.78. The number of amides is 2. The predicted molar refractivity (Wildman–Crippen MR) is 127 cm³/mol. The fourth-order valence-corrected chi connectivity index (χ4v) is 3.63. The standard InChI is InChI=1S/C24H20FN9O2/c1-14-8-16(4-7-18(14)25)11-26-22(35)19-9-21(34-24(31-19)28-13-30-34)23(36)27-10-15-2-5-17(6-3-15)20-12-29-33-32-20/h2-9,13H,10-12H2,1H3,(H,26,35)(H,27,36). The molecule has 2 aromatic heterocycles. The number of benzene rings is 2. The normalized spacial score (nSPS) is 12.6. The van der Waals surface area contributed by atoms with Gasteiger partial charge in [-0.15, -0.1) is 5.10 Å². The molecule has 12 heteroatoms. The van der Waals surface area contributed by atoms with Crippen LogP contribution in [0.3, 0.4) is 0 Å². The summed E-state index contributed by atoms with van der Waals surface area (Å²) in [5, 5.41) is 21.0. The monoisotopic (exact) mass is 485 g/mol. The molecule has 1 aliphatic heterocycles. The molecule has 0 fully saturated rings. The van der Waals surface area contributed by atoms with Crippen LogP contribution in [-0.4, -0.2) is 43.7 Å². The molecule has 0 unspecified atom stereocenters. The lowest BCUT2D eigenvalue weighted by atomic mass is 10.1. The third-order valence-electron chi connectivity index (χ3n) is 5.58. The van der Waals surface area contributed by atoms with Gasteiger partial charge in [-0.25, -0.2) is 9.37 Å². The lowest BCUT2D eigenvalue weighted by Gasteiger charge is -2.10. The van der Waals surface area contributed by atoms with Crippen molar-refractivity contribution in [3.63, 3.8) is 0 Å². The molecule has 4 aromatic rings. The number of carbonyl (C=O) groups excluding carboxylic acids is 2.